The lowest BCUT2D eigenvalue weighted by molar-refractivity contribution is 0.0925. The van der Waals surface area contributed by atoms with Gasteiger partial charge in [-0.15, -0.1) is 0 Å². The number of nitrogens with zero attached hydrogens (tertiary/aromatic N) is 1. The van der Waals surface area contributed by atoms with E-state index in [-0.39, 0.29) is 17.3 Å². The molecule has 2 amide bonds. The second-order valence-corrected chi connectivity index (χ2v) is 7.19. The minimum atomic E-state index is -0.417. The van der Waals surface area contributed by atoms with Crippen LogP contribution in [0.3, 0.4) is 0 Å². The number of hydrogen-bond donors (Lipinski definition) is 0. The van der Waals surface area contributed by atoms with Crippen molar-refractivity contribution in [2.24, 2.45) is 0 Å². The van der Waals surface area contributed by atoms with E-state index in [1.54, 1.807) is 54.6 Å². The van der Waals surface area contributed by atoms with Crippen molar-refractivity contribution < 1.29 is 14.4 Å². The quantitative estimate of drug-likeness (QED) is 0.452. The van der Waals surface area contributed by atoms with Crippen molar-refractivity contribution in [2.45, 2.75) is 6.92 Å². The number of rotatable bonds is 3. The molecule has 5 heteroatoms. The maximum atomic E-state index is 12.9. The van der Waals surface area contributed by atoms with Crippen LogP contribution in [0.4, 0.5) is 5.69 Å². The van der Waals surface area contributed by atoms with Gasteiger partial charge in [-0.2, -0.15) is 0 Å². The summed E-state index contributed by atoms with van der Waals surface area (Å²) in [6.45, 7) is 1.89. The largest absolute Gasteiger partial charge is 0.289 e. The zero-order chi connectivity index (χ0) is 19.1. The fourth-order valence-electron chi connectivity index (χ4n) is 3.14. The molecule has 0 radical (unpaired) electrons. The highest BCUT2D eigenvalue weighted by molar-refractivity contribution is 9.10. The highest BCUT2D eigenvalue weighted by Gasteiger charge is 2.37. The van der Waals surface area contributed by atoms with Gasteiger partial charge in [-0.25, -0.2) is 4.90 Å². The molecule has 0 unspecified atom stereocenters. The van der Waals surface area contributed by atoms with Gasteiger partial charge in [-0.1, -0.05) is 52.3 Å². The summed E-state index contributed by atoms with van der Waals surface area (Å²) in [4.78, 5) is 39.5. The summed E-state index contributed by atoms with van der Waals surface area (Å²) in [5, 5.41) is 0. The third-order valence-electron chi connectivity index (χ3n) is 4.58. The van der Waals surface area contributed by atoms with Crippen LogP contribution in [0, 0.1) is 6.92 Å². The number of aryl methyl sites for hydroxylation is 1. The minimum absolute atomic E-state index is 0.184. The second-order valence-electron chi connectivity index (χ2n) is 6.33. The van der Waals surface area contributed by atoms with Gasteiger partial charge in [-0.05, 0) is 42.8 Å². The Balaban J connectivity index is 1.73. The molecule has 1 aliphatic rings. The lowest BCUT2D eigenvalue weighted by Crippen LogP contribution is -2.29. The molecule has 0 fully saturated rings. The fraction of sp³-hybridized carbons (Fsp3) is 0.0455. The second kappa shape index (κ2) is 6.59. The Labute approximate surface area is 164 Å². The van der Waals surface area contributed by atoms with Gasteiger partial charge < -0.3 is 0 Å². The summed E-state index contributed by atoms with van der Waals surface area (Å²) in [5.74, 6) is -0.980. The Kier molecular flexibility index (Phi) is 4.24. The van der Waals surface area contributed by atoms with Gasteiger partial charge in [0.2, 0.25) is 0 Å². The molecular formula is C22H14BrNO3. The molecule has 4 nitrogen and oxygen atoms in total. The molecule has 3 aromatic carbocycles. The SMILES string of the molecule is Cc1cc(N2C(=O)c3ccc(C(=O)c4ccccc4)cc3C2=O)ccc1Br. The zero-order valence-electron chi connectivity index (χ0n) is 14.4. The van der Waals surface area contributed by atoms with Crippen molar-refractivity contribution >= 4 is 39.2 Å². The fourth-order valence-corrected chi connectivity index (χ4v) is 3.39. The van der Waals surface area contributed by atoms with Crippen molar-refractivity contribution in [1.29, 1.82) is 0 Å². The molecule has 4 rings (SSSR count). The molecule has 27 heavy (non-hydrogen) atoms. The monoisotopic (exact) mass is 419 g/mol. The molecule has 0 saturated heterocycles. The van der Waals surface area contributed by atoms with Gasteiger partial charge in [-0.3, -0.25) is 14.4 Å². The summed E-state index contributed by atoms with van der Waals surface area (Å²) in [6, 6.07) is 18.8. The van der Waals surface area contributed by atoms with Crippen LogP contribution in [0.25, 0.3) is 0 Å². The number of ketones is 1. The van der Waals surface area contributed by atoms with Gasteiger partial charge in [0.15, 0.2) is 5.78 Å². The first-order valence-electron chi connectivity index (χ1n) is 8.36. The van der Waals surface area contributed by atoms with Crippen molar-refractivity contribution in [3.63, 3.8) is 0 Å². The number of imide groups is 1. The van der Waals surface area contributed by atoms with E-state index in [4.69, 9.17) is 0 Å². The van der Waals surface area contributed by atoms with Gasteiger partial charge in [0.1, 0.15) is 0 Å². The maximum Gasteiger partial charge on any atom is 0.266 e. The maximum absolute atomic E-state index is 12.9. The molecule has 3 aromatic rings. The van der Waals surface area contributed by atoms with Crippen molar-refractivity contribution in [3.8, 4) is 0 Å². The standard InChI is InChI=1S/C22H14BrNO3/c1-13-11-16(8-10-19(13)23)24-21(26)17-9-7-15(12-18(17)22(24)27)20(25)14-5-3-2-4-6-14/h2-12H,1H3. The first kappa shape index (κ1) is 17.4. The summed E-state index contributed by atoms with van der Waals surface area (Å²) >= 11 is 3.42. The van der Waals surface area contributed by atoms with Crippen LogP contribution < -0.4 is 4.90 Å². The number of carbonyl (C=O) groups excluding carboxylic acids is 3. The average molecular weight is 420 g/mol. The van der Waals surface area contributed by atoms with E-state index >= 15 is 0 Å². The highest BCUT2D eigenvalue weighted by Crippen LogP contribution is 2.31. The molecule has 0 N–H and O–H groups in total. The average Bonchev–Trinajstić information content (AvgIpc) is 2.94. The highest BCUT2D eigenvalue weighted by atomic mass is 79.9. The molecular weight excluding hydrogens is 406 g/mol. The number of carbonyl (C=O) groups is 3. The summed E-state index contributed by atoms with van der Waals surface area (Å²) < 4.78 is 0.901. The lowest BCUT2D eigenvalue weighted by atomic mass is 9.99. The number of benzene rings is 3. The number of anilines is 1. The van der Waals surface area contributed by atoms with E-state index < -0.39 is 5.91 Å². The molecule has 1 aliphatic heterocycles. The minimum Gasteiger partial charge on any atom is -0.289 e. The number of hydrogen-bond acceptors (Lipinski definition) is 3. The molecule has 0 spiro atoms. The molecule has 132 valence electrons. The number of fused-ring (bicyclic) bond motifs is 1. The number of halogens is 1. The van der Waals surface area contributed by atoms with Crippen LogP contribution >= 0.6 is 15.9 Å². The predicted octanol–water partition coefficient (Wildman–Crippen LogP) is 4.79. The Morgan fingerprint density at radius 1 is 0.815 bits per heavy atom. The molecule has 0 bridgehead atoms. The van der Waals surface area contributed by atoms with E-state index in [0.717, 1.165) is 14.9 Å². The van der Waals surface area contributed by atoms with Gasteiger partial charge in [0.25, 0.3) is 11.8 Å². The van der Waals surface area contributed by atoms with Crippen molar-refractivity contribution in [2.75, 3.05) is 4.90 Å². The Morgan fingerprint density at radius 3 is 2.22 bits per heavy atom. The molecule has 0 saturated carbocycles. The van der Waals surface area contributed by atoms with Crippen molar-refractivity contribution in [3.05, 3.63) is 99.0 Å². The Hall–Kier alpha value is -3.05. The smallest absolute Gasteiger partial charge is 0.266 e. The van der Waals surface area contributed by atoms with Gasteiger partial charge >= 0.3 is 0 Å². The first-order chi connectivity index (χ1) is 13.0. The van der Waals surface area contributed by atoms with Crippen LogP contribution in [0.15, 0.2) is 71.2 Å². The predicted molar refractivity (Wildman–Crippen MR) is 106 cm³/mol. The van der Waals surface area contributed by atoms with Gasteiger partial charge in [0.05, 0.1) is 16.8 Å². The Morgan fingerprint density at radius 2 is 1.52 bits per heavy atom. The van der Waals surface area contributed by atoms with Crippen molar-refractivity contribution in [1.82, 2.24) is 0 Å². The molecule has 0 aliphatic carbocycles. The third-order valence-corrected chi connectivity index (χ3v) is 5.47. The summed E-state index contributed by atoms with van der Waals surface area (Å²) in [7, 11) is 0. The summed E-state index contributed by atoms with van der Waals surface area (Å²) in [5.41, 5.74) is 2.92. The van der Waals surface area contributed by atoms with Crippen LogP contribution in [0.2, 0.25) is 0 Å². The molecule has 1 heterocycles. The van der Waals surface area contributed by atoms with E-state index in [9.17, 15) is 14.4 Å². The van der Waals surface area contributed by atoms with Crippen LogP contribution in [-0.2, 0) is 0 Å². The normalized spacial score (nSPS) is 13.0. The van der Waals surface area contributed by atoms with E-state index in [0.29, 0.717) is 22.4 Å². The molecule has 0 atom stereocenters. The van der Waals surface area contributed by atoms with E-state index in [2.05, 4.69) is 15.9 Å². The number of amides is 2. The van der Waals surface area contributed by atoms with E-state index in [1.807, 2.05) is 13.0 Å². The Bertz CT molecular complexity index is 1110. The summed E-state index contributed by atoms with van der Waals surface area (Å²) in [6.07, 6.45) is 0. The molecule has 0 aromatic heterocycles. The van der Waals surface area contributed by atoms with Crippen LogP contribution in [0.5, 0.6) is 0 Å². The zero-order valence-corrected chi connectivity index (χ0v) is 16.0. The van der Waals surface area contributed by atoms with Crippen LogP contribution in [0.1, 0.15) is 42.2 Å². The lowest BCUT2D eigenvalue weighted by Gasteiger charge is -2.14. The third kappa shape index (κ3) is 2.90. The first-order valence-corrected chi connectivity index (χ1v) is 9.15. The van der Waals surface area contributed by atoms with E-state index in [1.165, 1.54) is 6.07 Å². The van der Waals surface area contributed by atoms with Crippen LogP contribution in [-0.4, -0.2) is 17.6 Å². The van der Waals surface area contributed by atoms with Gasteiger partial charge in [0, 0.05) is 15.6 Å². The topological polar surface area (TPSA) is 54.5 Å².